The van der Waals surface area contributed by atoms with Crippen LogP contribution >= 0.6 is 0 Å². The molecule has 0 spiro atoms. The normalized spacial score (nSPS) is 16.4. The van der Waals surface area contributed by atoms with Crippen molar-refractivity contribution in [3.8, 4) is 0 Å². The van der Waals surface area contributed by atoms with Crippen molar-refractivity contribution in [3.05, 3.63) is 0 Å². The van der Waals surface area contributed by atoms with Crippen LogP contribution < -0.4 is 5.32 Å². The molecule has 0 aliphatic carbocycles. The molecule has 0 aromatic rings. The van der Waals surface area contributed by atoms with Crippen molar-refractivity contribution in [3.63, 3.8) is 0 Å². The lowest BCUT2D eigenvalue weighted by molar-refractivity contribution is 0.236. The highest BCUT2D eigenvalue weighted by atomic mass is 15.2. The van der Waals surface area contributed by atoms with Gasteiger partial charge < -0.3 is 10.2 Å². The molecule has 0 aromatic heterocycles. The summed E-state index contributed by atoms with van der Waals surface area (Å²) in [5.74, 6) is 0. The van der Waals surface area contributed by atoms with E-state index < -0.39 is 0 Å². The van der Waals surface area contributed by atoms with Crippen molar-refractivity contribution in [2.24, 2.45) is 0 Å². The molecule has 1 rings (SSSR count). The topological polar surface area (TPSA) is 15.3 Å². The fourth-order valence-corrected chi connectivity index (χ4v) is 3.29. The SMILES string of the molecule is CCCCCCCCCCCCCCCN1CCNCC1. The predicted octanol–water partition coefficient (Wildman–Crippen LogP) is 4.98. The number of hydrogen-bond acceptors (Lipinski definition) is 2. The maximum Gasteiger partial charge on any atom is 0.0107 e. The number of rotatable bonds is 14. The molecule has 0 bridgehead atoms. The fourth-order valence-electron chi connectivity index (χ4n) is 3.29. The van der Waals surface area contributed by atoms with Crippen molar-refractivity contribution in [2.45, 2.75) is 90.4 Å². The summed E-state index contributed by atoms with van der Waals surface area (Å²) in [6.07, 6.45) is 18.9. The minimum Gasteiger partial charge on any atom is -0.314 e. The van der Waals surface area contributed by atoms with Crippen molar-refractivity contribution >= 4 is 0 Å². The van der Waals surface area contributed by atoms with Crippen molar-refractivity contribution in [1.29, 1.82) is 0 Å². The quantitative estimate of drug-likeness (QED) is 0.455. The molecule has 0 atom stereocenters. The summed E-state index contributed by atoms with van der Waals surface area (Å²) in [6, 6.07) is 0. The summed E-state index contributed by atoms with van der Waals surface area (Å²) in [7, 11) is 0. The molecule has 0 amide bonds. The number of nitrogens with zero attached hydrogens (tertiary/aromatic N) is 1. The predicted molar refractivity (Wildman–Crippen MR) is 95.0 cm³/mol. The van der Waals surface area contributed by atoms with E-state index in [4.69, 9.17) is 0 Å². The highest BCUT2D eigenvalue weighted by Crippen LogP contribution is 2.12. The molecule has 1 aliphatic rings. The molecule has 126 valence electrons. The summed E-state index contributed by atoms with van der Waals surface area (Å²) in [5.41, 5.74) is 0. The lowest BCUT2D eigenvalue weighted by atomic mass is 10.0. The van der Waals surface area contributed by atoms with Crippen LogP contribution in [0.25, 0.3) is 0 Å². The first kappa shape index (κ1) is 19.0. The molecule has 1 heterocycles. The van der Waals surface area contributed by atoms with Crippen LogP contribution in [0, 0.1) is 0 Å². The number of piperazine rings is 1. The Labute approximate surface area is 134 Å². The molecule has 21 heavy (non-hydrogen) atoms. The van der Waals surface area contributed by atoms with Gasteiger partial charge in [-0.2, -0.15) is 0 Å². The Bertz CT molecular complexity index is 200. The molecule has 0 saturated carbocycles. The zero-order valence-electron chi connectivity index (χ0n) is 14.7. The summed E-state index contributed by atoms with van der Waals surface area (Å²) in [4.78, 5) is 2.62. The van der Waals surface area contributed by atoms with Crippen LogP contribution in [-0.4, -0.2) is 37.6 Å². The summed E-state index contributed by atoms with van der Waals surface area (Å²) in [6.45, 7) is 8.54. The van der Waals surface area contributed by atoms with Crippen LogP contribution in [0.1, 0.15) is 90.4 Å². The van der Waals surface area contributed by atoms with Crippen molar-refractivity contribution in [2.75, 3.05) is 32.7 Å². The van der Waals surface area contributed by atoms with E-state index >= 15 is 0 Å². The highest BCUT2D eigenvalue weighted by Gasteiger charge is 2.07. The first-order valence-corrected chi connectivity index (χ1v) is 9.86. The monoisotopic (exact) mass is 296 g/mol. The molecule has 1 N–H and O–H groups in total. The highest BCUT2D eigenvalue weighted by molar-refractivity contribution is 4.67. The summed E-state index contributed by atoms with van der Waals surface area (Å²) < 4.78 is 0. The smallest absolute Gasteiger partial charge is 0.0107 e. The lowest BCUT2D eigenvalue weighted by Gasteiger charge is -2.27. The van der Waals surface area contributed by atoms with E-state index in [1.165, 1.54) is 116 Å². The van der Waals surface area contributed by atoms with Gasteiger partial charge in [-0.1, -0.05) is 84.0 Å². The van der Waals surface area contributed by atoms with Gasteiger partial charge in [0.25, 0.3) is 0 Å². The van der Waals surface area contributed by atoms with E-state index in [1.54, 1.807) is 0 Å². The Morgan fingerprint density at radius 3 is 1.52 bits per heavy atom. The summed E-state index contributed by atoms with van der Waals surface area (Å²) in [5, 5.41) is 3.42. The van der Waals surface area contributed by atoms with Gasteiger partial charge in [0, 0.05) is 26.2 Å². The van der Waals surface area contributed by atoms with Crippen LogP contribution in [0.5, 0.6) is 0 Å². The third kappa shape index (κ3) is 12.2. The van der Waals surface area contributed by atoms with Crippen LogP contribution in [0.4, 0.5) is 0 Å². The van der Waals surface area contributed by atoms with Gasteiger partial charge in [-0.25, -0.2) is 0 Å². The maximum atomic E-state index is 3.42. The van der Waals surface area contributed by atoms with Gasteiger partial charge >= 0.3 is 0 Å². The number of nitrogens with one attached hydrogen (secondary N) is 1. The molecular formula is C19H40N2. The van der Waals surface area contributed by atoms with E-state index in [2.05, 4.69) is 17.1 Å². The van der Waals surface area contributed by atoms with Crippen molar-refractivity contribution < 1.29 is 0 Å². The van der Waals surface area contributed by atoms with E-state index in [0.717, 1.165) is 0 Å². The second kappa shape index (κ2) is 14.8. The molecule has 1 saturated heterocycles. The van der Waals surface area contributed by atoms with E-state index in [0.29, 0.717) is 0 Å². The first-order chi connectivity index (χ1) is 10.4. The first-order valence-electron chi connectivity index (χ1n) is 9.86. The Kier molecular flexibility index (Phi) is 13.4. The van der Waals surface area contributed by atoms with Crippen LogP contribution in [0.3, 0.4) is 0 Å². The third-order valence-corrected chi connectivity index (χ3v) is 4.79. The van der Waals surface area contributed by atoms with E-state index in [-0.39, 0.29) is 0 Å². The third-order valence-electron chi connectivity index (χ3n) is 4.79. The van der Waals surface area contributed by atoms with E-state index in [9.17, 15) is 0 Å². The Morgan fingerprint density at radius 2 is 1.05 bits per heavy atom. The van der Waals surface area contributed by atoms with Gasteiger partial charge in [0.05, 0.1) is 0 Å². The fraction of sp³-hybridized carbons (Fsp3) is 1.00. The molecule has 1 fully saturated rings. The zero-order chi connectivity index (χ0) is 15.0. The van der Waals surface area contributed by atoms with Gasteiger partial charge in [0.1, 0.15) is 0 Å². The Hall–Kier alpha value is -0.0800. The standard InChI is InChI=1S/C19H40N2/c1-2-3-4-5-6-7-8-9-10-11-12-13-14-17-21-18-15-20-16-19-21/h20H,2-19H2,1H3. The van der Waals surface area contributed by atoms with Crippen LogP contribution in [-0.2, 0) is 0 Å². The van der Waals surface area contributed by atoms with Gasteiger partial charge in [-0.05, 0) is 13.0 Å². The van der Waals surface area contributed by atoms with Crippen molar-refractivity contribution in [1.82, 2.24) is 10.2 Å². The van der Waals surface area contributed by atoms with Gasteiger partial charge in [-0.15, -0.1) is 0 Å². The maximum absolute atomic E-state index is 3.42. The molecule has 0 aromatic carbocycles. The largest absolute Gasteiger partial charge is 0.314 e. The molecule has 2 heteroatoms. The van der Waals surface area contributed by atoms with Crippen LogP contribution in [0.15, 0.2) is 0 Å². The second-order valence-electron chi connectivity index (χ2n) is 6.83. The number of hydrogen-bond donors (Lipinski definition) is 1. The van der Waals surface area contributed by atoms with E-state index in [1.807, 2.05) is 0 Å². The molecule has 1 aliphatic heterocycles. The minimum atomic E-state index is 1.19. The average molecular weight is 297 g/mol. The molecule has 0 radical (unpaired) electrons. The lowest BCUT2D eigenvalue weighted by Crippen LogP contribution is -2.43. The second-order valence-corrected chi connectivity index (χ2v) is 6.83. The molecular weight excluding hydrogens is 256 g/mol. The van der Waals surface area contributed by atoms with Gasteiger partial charge in [0.15, 0.2) is 0 Å². The molecule has 0 unspecified atom stereocenters. The average Bonchev–Trinajstić information content (AvgIpc) is 2.53. The Morgan fingerprint density at radius 1 is 0.619 bits per heavy atom. The van der Waals surface area contributed by atoms with Gasteiger partial charge in [0.2, 0.25) is 0 Å². The number of unbranched alkanes of at least 4 members (excludes halogenated alkanes) is 12. The summed E-state index contributed by atoms with van der Waals surface area (Å²) >= 11 is 0. The molecule has 2 nitrogen and oxygen atoms in total. The van der Waals surface area contributed by atoms with Crippen LogP contribution in [0.2, 0.25) is 0 Å². The minimum absolute atomic E-state index is 1.19. The van der Waals surface area contributed by atoms with Gasteiger partial charge in [-0.3, -0.25) is 0 Å². The Balaban J connectivity index is 1.69. The zero-order valence-corrected chi connectivity index (χ0v) is 14.7.